The highest BCUT2D eigenvalue weighted by atomic mass is 16.5. The Balaban J connectivity index is 2.03. The van der Waals surface area contributed by atoms with E-state index >= 15 is 0 Å². The van der Waals surface area contributed by atoms with E-state index in [1.807, 2.05) is 11.9 Å². The number of morpholine rings is 1. The standard InChI is InChI=1S/C13H27N3O2/c1-14-6-4-8-15(2)7-3-5-13(17)16-9-11-18-12-10-16/h14H,3-12H2,1-2H3. The number of rotatable bonds is 8. The highest BCUT2D eigenvalue weighted by molar-refractivity contribution is 5.76. The Kier molecular flexibility index (Phi) is 7.96. The molecule has 18 heavy (non-hydrogen) atoms. The Hall–Kier alpha value is -0.650. The summed E-state index contributed by atoms with van der Waals surface area (Å²) in [5.74, 6) is 0.280. The van der Waals surface area contributed by atoms with Crippen LogP contribution in [0.2, 0.25) is 0 Å². The van der Waals surface area contributed by atoms with Gasteiger partial charge in [0.2, 0.25) is 5.91 Å². The lowest BCUT2D eigenvalue weighted by Crippen LogP contribution is -2.40. The van der Waals surface area contributed by atoms with Gasteiger partial charge in [0.05, 0.1) is 13.2 Å². The van der Waals surface area contributed by atoms with Crippen molar-refractivity contribution in [3.05, 3.63) is 0 Å². The van der Waals surface area contributed by atoms with Gasteiger partial charge < -0.3 is 19.9 Å². The average Bonchev–Trinajstić information content (AvgIpc) is 2.40. The largest absolute Gasteiger partial charge is 0.378 e. The molecular formula is C13H27N3O2. The van der Waals surface area contributed by atoms with E-state index in [0.717, 1.165) is 45.6 Å². The van der Waals surface area contributed by atoms with Gasteiger partial charge in [-0.05, 0) is 46.6 Å². The summed E-state index contributed by atoms with van der Waals surface area (Å²) in [6.45, 7) is 6.04. The molecule has 1 fully saturated rings. The van der Waals surface area contributed by atoms with Crippen molar-refractivity contribution in [1.82, 2.24) is 15.1 Å². The molecule has 1 aliphatic heterocycles. The molecule has 0 aromatic rings. The maximum Gasteiger partial charge on any atom is 0.222 e. The summed E-state index contributed by atoms with van der Waals surface area (Å²) in [5, 5.41) is 3.14. The molecule has 1 amide bonds. The van der Waals surface area contributed by atoms with Crippen molar-refractivity contribution < 1.29 is 9.53 Å². The number of ether oxygens (including phenoxy) is 1. The third-order valence-electron chi connectivity index (χ3n) is 3.26. The van der Waals surface area contributed by atoms with E-state index in [1.165, 1.54) is 0 Å². The Morgan fingerprint density at radius 1 is 1.28 bits per heavy atom. The van der Waals surface area contributed by atoms with Crippen LogP contribution >= 0.6 is 0 Å². The summed E-state index contributed by atoms with van der Waals surface area (Å²) >= 11 is 0. The van der Waals surface area contributed by atoms with Crippen LogP contribution < -0.4 is 5.32 Å². The molecule has 0 aromatic carbocycles. The monoisotopic (exact) mass is 257 g/mol. The fourth-order valence-electron chi connectivity index (χ4n) is 2.11. The van der Waals surface area contributed by atoms with Gasteiger partial charge in [-0.25, -0.2) is 0 Å². The fourth-order valence-corrected chi connectivity index (χ4v) is 2.11. The van der Waals surface area contributed by atoms with Crippen molar-refractivity contribution in [2.45, 2.75) is 19.3 Å². The van der Waals surface area contributed by atoms with E-state index in [9.17, 15) is 4.79 Å². The third kappa shape index (κ3) is 6.33. The normalized spacial score (nSPS) is 16.3. The van der Waals surface area contributed by atoms with Crippen LogP contribution in [0, 0.1) is 0 Å². The molecule has 0 radical (unpaired) electrons. The van der Waals surface area contributed by atoms with Gasteiger partial charge in [-0.15, -0.1) is 0 Å². The van der Waals surface area contributed by atoms with Crippen molar-refractivity contribution in [2.24, 2.45) is 0 Å². The predicted molar refractivity (Wildman–Crippen MR) is 72.7 cm³/mol. The van der Waals surface area contributed by atoms with E-state index in [2.05, 4.69) is 17.3 Å². The average molecular weight is 257 g/mol. The van der Waals surface area contributed by atoms with Crippen molar-refractivity contribution >= 4 is 5.91 Å². The van der Waals surface area contributed by atoms with Crippen LogP contribution in [0.3, 0.4) is 0 Å². The Labute approximate surface area is 110 Å². The minimum Gasteiger partial charge on any atom is -0.378 e. The summed E-state index contributed by atoms with van der Waals surface area (Å²) in [7, 11) is 4.09. The second kappa shape index (κ2) is 9.30. The number of nitrogens with one attached hydrogen (secondary N) is 1. The molecule has 5 heteroatoms. The molecule has 0 spiro atoms. The molecular weight excluding hydrogens is 230 g/mol. The number of carbonyl (C=O) groups is 1. The van der Waals surface area contributed by atoms with Gasteiger partial charge in [0.1, 0.15) is 0 Å². The molecule has 1 aliphatic rings. The molecule has 1 saturated heterocycles. The van der Waals surface area contributed by atoms with Gasteiger partial charge in [-0.2, -0.15) is 0 Å². The topological polar surface area (TPSA) is 44.8 Å². The zero-order valence-corrected chi connectivity index (χ0v) is 11.8. The lowest BCUT2D eigenvalue weighted by Gasteiger charge is -2.27. The highest BCUT2D eigenvalue weighted by Gasteiger charge is 2.16. The summed E-state index contributed by atoms with van der Waals surface area (Å²) in [6, 6.07) is 0. The van der Waals surface area contributed by atoms with Crippen LogP contribution in [-0.2, 0) is 9.53 Å². The minimum atomic E-state index is 0.280. The molecule has 106 valence electrons. The first-order valence-electron chi connectivity index (χ1n) is 6.92. The SMILES string of the molecule is CNCCCN(C)CCCC(=O)N1CCOCC1. The van der Waals surface area contributed by atoms with Gasteiger partial charge >= 0.3 is 0 Å². The summed E-state index contributed by atoms with van der Waals surface area (Å²) in [6.07, 6.45) is 2.77. The quantitative estimate of drug-likeness (QED) is 0.630. The van der Waals surface area contributed by atoms with Crippen molar-refractivity contribution in [2.75, 3.05) is 60.0 Å². The Morgan fingerprint density at radius 3 is 2.61 bits per heavy atom. The molecule has 0 aliphatic carbocycles. The first-order chi connectivity index (χ1) is 8.74. The number of amides is 1. The second-order valence-electron chi connectivity index (χ2n) is 4.86. The van der Waals surface area contributed by atoms with Crippen molar-refractivity contribution in [1.29, 1.82) is 0 Å². The van der Waals surface area contributed by atoms with Crippen LogP contribution in [0.25, 0.3) is 0 Å². The van der Waals surface area contributed by atoms with E-state index < -0.39 is 0 Å². The molecule has 0 aromatic heterocycles. The third-order valence-corrected chi connectivity index (χ3v) is 3.26. The van der Waals surface area contributed by atoms with Gasteiger partial charge in [0, 0.05) is 19.5 Å². The summed E-state index contributed by atoms with van der Waals surface area (Å²) < 4.78 is 5.24. The van der Waals surface area contributed by atoms with E-state index in [-0.39, 0.29) is 5.91 Å². The number of hydrogen-bond donors (Lipinski definition) is 1. The van der Waals surface area contributed by atoms with Crippen LogP contribution in [0.5, 0.6) is 0 Å². The Morgan fingerprint density at radius 2 is 1.94 bits per heavy atom. The molecule has 0 atom stereocenters. The van der Waals surface area contributed by atoms with Crippen LogP contribution in [-0.4, -0.2) is 75.7 Å². The van der Waals surface area contributed by atoms with Crippen LogP contribution in [0.4, 0.5) is 0 Å². The molecule has 1 rings (SSSR count). The maximum absolute atomic E-state index is 11.9. The lowest BCUT2D eigenvalue weighted by molar-refractivity contribution is -0.135. The summed E-state index contributed by atoms with van der Waals surface area (Å²) in [5.41, 5.74) is 0. The highest BCUT2D eigenvalue weighted by Crippen LogP contribution is 2.03. The van der Waals surface area contributed by atoms with Crippen LogP contribution in [0.1, 0.15) is 19.3 Å². The minimum absolute atomic E-state index is 0.280. The van der Waals surface area contributed by atoms with E-state index in [0.29, 0.717) is 19.6 Å². The molecule has 1 heterocycles. The first kappa shape index (κ1) is 15.4. The zero-order valence-electron chi connectivity index (χ0n) is 11.8. The van der Waals surface area contributed by atoms with E-state index in [1.54, 1.807) is 0 Å². The number of nitrogens with zero attached hydrogens (tertiary/aromatic N) is 2. The molecule has 0 saturated carbocycles. The predicted octanol–water partition coefficient (Wildman–Crippen LogP) is 0.167. The Bertz CT molecular complexity index is 230. The van der Waals surface area contributed by atoms with Gasteiger partial charge in [0.25, 0.3) is 0 Å². The van der Waals surface area contributed by atoms with Crippen LogP contribution in [0.15, 0.2) is 0 Å². The first-order valence-corrected chi connectivity index (χ1v) is 6.92. The second-order valence-corrected chi connectivity index (χ2v) is 4.86. The molecule has 5 nitrogen and oxygen atoms in total. The van der Waals surface area contributed by atoms with Crippen molar-refractivity contribution in [3.63, 3.8) is 0 Å². The zero-order chi connectivity index (χ0) is 13.2. The number of carbonyl (C=O) groups excluding carboxylic acids is 1. The molecule has 0 bridgehead atoms. The number of hydrogen-bond acceptors (Lipinski definition) is 4. The lowest BCUT2D eigenvalue weighted by atomic mass is 10.2. The van der Waals surface area contributed by atoms with Gasteiger partial charge in [0.15, 0.2) is 0 Å². The van der Waals surface area contributed by atoms with E-state index in [4.69, 9.17) is 4.74 Å². The van der Waals surface area contributed by atoms with Gasteiger partial charge in [-0.3, -0.25) is 4.79 Å². The summed E-state index contributed by atoms with van der Waals surface area (Å²) in [4.78, 5) is 16.1. The van der Waals surface area contributed by atoms with Crippen molar-refractivity contribution in [3.8, 4) is 0 Å². The smallest absolute Gasteiger partial charge is 0.222 e. The van der Waals surface area contributed by atoms with Gasteiger partial charge in [-0.1, -0.05) is 0 Å². The maximum atomic E-state index is 11.9. The fraction of sp³-hybridized carbons (Fsp3) is 0.923. The molecule has 1 N–H and O–H groups in total. The molecule has 0 unspecified atom stereocenters.